The van der Waals surface area contributed by atoms with Crippen LogP contribution in [0.15, 0.2) is 35.2 Å². The van der Waals surface area contributed by atoms with Gasteiger partial charge in [-0.05, 0) is 31.9 Å². The molecule has 1 amide bonds. The molecule has 0 N–H and O–H groups in total. The number of hydrogen-bond acceptors (Lipinski definition) is 5. The molecule has 2 fully saturated rings. The SMILES string of the molecule is Cc1cc(N2CCN(C(=O)C3CCCN(S(=O)(=O)c4c(F)c(F)c(F)c(F)c4F)C3)CC2)c2ccccc2n1. The summed E-state index contributed by atoms with van der Waals surface area (Å²) in [5.74, 6) is -13.1. The molecular formula is C26H25F5N4O3S. The van der Waals surface area contributed by atoms with Crippen LogP contribution < -0.4 is 4.90 Å². The van der Waals surface area contributed by atoms with Gasteiger partial charge in [-0.2, -0.15) is 4.31 Å². The van der Waals surface area contributed by atoms with E-state index < -0.39 is 56.5 Å². The maximum atomic E-state index is 14.3. The molecule has 2 saturated heterocycles. The lowest BCUT2D eigenvalue weighted by Gasteiger charge is -2.39. The molecule has 208 valence electrons. The van der Waals surface area contributed by atoms with E-state index in [1.165, 1.54) is 0 Å². The molecule has 0 aliphatic carbocycles. The number of anilines is 1. The number of sulfonamides is 1. The van der Waals surface area contributed by atoms with Gasteiger partial charge in [0.2, 0.25) is 21.7 Å². The van der Waals surface area contributed by atoms with Gasteiger partial charge < -0.3 is 9.80 Å². The summed E-state index contributed by atoms with van der Waals surface area (Å²) in [5, 5.41) is 0.990. The average molecular weight is 569 g/mol. The van der Waals surface area contributed by atoms with E-state index in [1.807, 2.05) is 37.3 Å². The minimum atomic E-state index is -5.10. The first-order chi connectivity index (χ1) is 18.5. The van der Waals surface area contributed by atoms with Crippen LogP contribution in [0.1, 0.15) is 18.5 Å². The molecule has 0 saturated carbocycles. The molecule has 5 rings (SSSR count). The standard InChI is InChI=1S/C26H25F5N4O3S/c1-15-13-19(17-6-2-3-7-18(17)32-15)33-9-11-34(12-10-33)26(36)16-5-4-8-35(14-16)39(37,38)25-23(30)21(28)20(27)22(29)24(25)31/h2-3,6-7,13,16H,4-5,8-12,14H2,1H3. The molecule has 2 aromatic carbocycles. The third-order valence-electron chi connectivity index (χ3n) is 7.26. The molecular weight excluding hydrogens is 543 g/mol. The van der Waals surface area contributed by atoms with Crippen molar-refractivity contribution < 1.29 is 35.2 Å². The van der Waals surface area contributed by atoms with Crippen molar-refractivity contribution in [2.75, 3.05) is 44.2 Å². The second-order valence-electron chi connectivity index (χ2n) is 9.71. The van der Waals surface area contributed by atoms with E-state index in [-0.39, 0.29) is 18.9 Å². The lowest BCUT2D eigenvalue weighted by molar-refractivity contribution is -0.137. The van der Waals surface area contributed by atoms with E-state index >= 15 is 0 Å². The normalized spacial score (nSPS) is 19.1. The molecule has 1 atom stereocenters. The number of amides is 1. The highest BCUT2D eigenvalue weighted by atomic mass is 32.2. The number of aromatic nitrogens is 1. The third kappa shape index (κ3) is 4.82. The molecule has 7 nitrogen and oxygen atoms in total. The van der Waals surface area contributed by atoms with E-state index in [9.17, 15) is 35.2 Å². The predicted octanol–water partition coefficient (Wildman–Crippen LogP) is 3.99. The fraction of sp³-hybridized carbons (Fsp3) is 0.385. The topological polar surface area (TPSA) is 73.8 Å². The van der Waals surface area contributed by atoms with Gasteiger partial charge in [0.15, 0.2) is 28.2 Å². The lowest BCUT2D eigenvalue weighted by Crippen LogP contribution is -2.53. The summed E-state index contributed by atoms with van der Waals surface area (Å²) in [6.07, 6.45) is 0.517. The number of hydrogen-bond donors (Lipinski definition) is 0. The minimum absolute atomic E-state index is 0.188. The minimum Gasteiger partial charge on any atom is -0.367 e. The highest BCUT2D eigenvalue weighted by Gasteiger charge is 2.41. The zero-order chi connectivity index (χ0) is 28.1. The fourth-order valence-corrected chi connectivity index (χ4v) is 6.91. The molecule has 2 aliphatic rings. The van der Waals surface area contributed by atoms with E-state index in [0.717, 1.165) is 22.3 Å². The molecule has 3 heterocycles. The van der Waals surface area contributed by atoms with Gasteiger partial charge in [-0.3, -0.25) is 9.78 Å². The van der Waals surface area contributed by atoms with E-state index in [4.69, 9.17) is 0 Å². The summed E-state index contributed by atoms with van der Waals surface area (Å²) in [5.41, 5.74) is 2.73. The van der Waals surface area contributed by atoms with Crippen molar-refractivity contribution in [3.8, 4) is 0 Å². The first-order valence-corrected chi connectivity index (χ1v) is 13.9. The van der Waals surface area contributed by atoms with Gasteiger partial charge in [0.25, 0.3) is 0 Å². The van der Waals surface area contributed by atoms with Gasteiger partial charge in [-0.1, -0.05) is 18.2 Å². The van der Waals surface area contributed by atoms with Crippen molar-refractivity contribution in [3.63, 3.8) is 0 Å². The van der Waals surface area contributed by atoms with Crippen LogP contribution in [0.2, 0.25) is 0 Å². The first kappa shape index (κ1) is 27.3. The maximum absolute atomic E-state index is 14.3. The molecule has 2 aliphatic heterocycles. The lowest BCUT2D eigenvalue weighted by atomic mass is 9.97. The van der Waals surface area contributed by atoms with Crippen LogP contribution in [0.5, 0.6) is 0 Å². The number of benzene rings is 2. The number of piperazine rings is 1. The van der Waals surface area contributed by atoms with Crippen LogP contribution in [0.3, 0.4) is 0 Å². The van der Waals surface area contributed by atoms with Crippen LogP contribution in [-0.2, 0) is 14.8 Å². The Balaban J connectivity index is 1.30. The number of rotatable bonds is 4. The number of para-hydroxylation sites is 1. The highest BCUT2D eigenvalue weighted by Crippen LogP contribution is 2.32. The van der Waals surface area contributed by atoms with Gasteiger partial charge >= 0.3 is 0 Å². The monoisotopic (exact) mass is 568 g/mol. The number of pyridine rings is 1. The molecule has 0 radical (unpaired) electrons. The summed E-state index contributed by atoms with van der Waals surface area (Å²) in [6, 6.07) is 9.74. The number of carbonyl (C=O) groups excluding carboxylic acids is 1. The van der Waals surface area contributed by atoms with Crippen LogP contribution in [-0.4, -0.2) is 67.8 Å². The zero-order valence-corrected chi connectivity index (χ0v) is 21.7. The van der Waals surface area contributed by atoms with Crippen LogP contribution in [0.4, 0.5) is 27.6 Å². The Morgan fingerprint density at radius 3 is 2.18 bits per heavy atom. The molecule has 1 unspecified atom stereocenters. The van der Waals surface area contributed by atoms with Gasteiger partial charge in [0, 0.05) is 56.0 Å². The Morgan fingerprint density at radius 2 is 1.51 bits per heavy atom. The third-order valence-corrected chi connectivity index (χ3v) is 9.14. The van der Waals surface area contributed by atoms with Crippen molar-refractivity contribution >= 4 is 32.5 Å². The number of aryl methyl sites for hydroxylation is 1. The number of fused-ring (bicyclic) bond motifs is 1. The van der Waals surface area contributed by atoms with Crippen molar-refractivity contribution in [1.29, 1.82) is 0 Å². The first-order valence-electron chi connectivity index (χ1n) is 12.4. The van der Waals surface area contributed by atoms with E-state index in [1.54, 1.807) is 4.90 Å². The second-order valence-corrected chi connectivity index (χ2v) is 11.6. The summed E-state index contributed by atoms with van der Waals surface area (Å²) in [6.45, 7) is 3.07. The molecule has 0 spiro atoms. The highest BCUT2D eigenvalue weighted by molar-refractivity contribution is 7.89. The van der Waals surface area contributed by atoms with E-state index in [0.29, 0.717) is 36.9 Å². The Labute approximate surface area is 221 Å². The molecule has 39 heavy (non-hydrogen) atoms. The Bertz CT molecular complexity index is 1530. The van der Waals surface area contributed by atoms with Crippen molar-refractivity contribution in [2.24, 2.45) is 5.92 Å². The van der Waals surface area contributed by atoms with Gasteiger partial charge in [0.05, 0.1) is 11.4 Å². The molecule has 13 heteroatoms. The second kappa shape index (κ2) is 10.3. The quantitative estimate of drug-likeness (QED) is 0.271. The number of piperidine rings is 1. The summed E-state index contributed by atoms with van der Waals surface area (Å²) in [4.78, 5) is 19.7. The van der Waals surface area contributed by atoms with Crippen LogP contribution >= 0.6 is 0 Å². The molecule has 0 bridgehead atoms. The summed E-state index contributed by atoms with van der Waals surface area (Å²) in [7, 11) is -5.10. The zero-order valence-electron chi connectivity index (χ0n) is 20.9. The van der Waals surface area contributed by atoms with Crippen molar-refractivity contribution in [2.45, 2.75) is 24.7 Å². The largest absolute Gasteiger partial charge is 0.367 e. The fourth-order valence-electron chi connectivity index (χ4n) is 5.28. The number of nitrogens with zero attached hydrogens (tertiary/aromatic N) is 4. The number of halogens is 5. The maximum Gasteiger partial charge on any atom is 0.249 e. The molecule has 1 aromatic heterocycles. The van der Waals surface area contributed by atoms with Gasteiger partial charge in [0.1, 0.15) is 0 Å². The van der Waals surface area contributed by atoms with Crippen molar-refractivity contribution in [3.05, 3.63) is 65.1 Å². The van der Waals surface area contributed by atoms with Gasteiger partial charge in [-0.25, -0.2) is 30.4 Å². The van der Waals surface area contributed by atoms with Crippen LogP contribution in [0, 0.1) is 41.9 Å². The van der Waals surface area contributed by atoms with Gasteiger partial charge in [-0.15, -0.1) is 0 Å². The summed E-state index contributed by atoms with van der Waals surface area (Å²) >= 11 is 0. The van der Waals surface area contributed by atoms with Crippen molar-refractivity contribution in [1.82, 2.24) is 14.2 Å². The smallest absolute Gasteiger partial charge is 0.249 e. The predicted molar refractivity (Wildman–Crippen MR) is 133 cm³/mol. The Morgan fingerprint density at radius 1 is 0.897 bits per heavy atom. The number of carbonyl (C=O) groups is 1. The summed E-state index contributed by atoms with van der Waals surface area (Å²) < 4.78 is 96.0. The Hall–Kier alpha value is -3.32. The van der Waals surface area contributed by atoms with Crippen LogP contribution in [0.25, 0.3) is 10.9 Å². The average Bonchev–Trinajstić information content (AvgIpc) is 2.94. The Kier molecular flexibility index (Phi) is 7.23. The van der Waals surface area contributed by atoms with E-state index in [2.05, 4.69) is 9.88 Å². The molecule has 3 aromatic rings.